The van der Waals surface area contributed by atoms with E-state index in [1.54, 1.807) is 24.3 Å². The van der Waals surface area contributed by atoms with E-state index in [9.17, 15) is 9.59 Å². The number of carbonyl (C=O) groups excluding carboxylic acids is 2. The van der Waals surface area contributed by atoms with Crippen LogP contribution >= 0.6 is 27.5 Å². The molecule has 102 valence electrons. The fourth-order valence-corrected chi connectivity index (χ4v) is 1.99. The summed E-state index contributed by atoms with van der Waals surface area (Å²) in [6.45, 7) is 0. The topological polar surface area (TPSA) is 71.1 Å². The van der Waals surface area contributed by atoms with Crippen molar-refractivity contribution >= 4 is 39.3 Å². The Hall–Kier alpha value is -1.92. The Kier molecular flexibility index (Phi) is 4.70. The highest BCUT2D eigenvalue weighted by Crippen LogP contribution is 2.15. The molecule has 0 spiro atoms. The highest BCUT2D eigenvalue weighted by atomic mass is 79.9. The lowest BCUT2D eigenvalue weighted by atomic mass is 10.2. The molecule has 2 amide bonds. The smallest absolute Gasteiger partial charge is 0.267 e. The molecule has 0 radical (unpaired) electrons. The Morgan fingerprint density at radius 2 is 1.75 bits per heavy atom. The van der Waals surface area contributed by atoms with Gasteiger partial charge in [-0.05, 0) is 40.2 Å². The second-order valence-corrected chi connectivity index (χ2v) is 5.00. The van der Waals surface area contributed by atoms with E-state index >= 15 is 0 Å². The Morgan fingerprint density at radius 1 is 1.05 bits per heavy atom. The van der Waals surface area contributed by atoms with E-state index < -0.39 is 11.8 Å². The van der Waals surface area contributed by atoms with E-state index in [0.717, 1.165) is 0 Å². The molecular weight excluding hydrogens is 346 g/mol. The van der Waals surface area contributed by atoms with Gasteiger partial charge < -0.3 is 0 Å². The summed E-state index contributed by atoms with van der Waals surface area (Å²) >= 11 is 8.88. The van der Waals surface area contributed by atoms with Gasteiger partial charge in [0.1, 0.15) is 5.15 Å². The van der Waals surface area contributed by atoms with Gasteiger partial charge in [0.2, 0.25) is 0 Å². The Labute approximate surface area is 128 Å². The highest BCUT2D eigenvalue weighted by molar-refractivity contribution is 9.10. The minimum atomic E-state index is -0.477. The van der Waals surface area contributed by atoms with Crippen molar-refractivity contribution in [3.8, 4) is 0 Å². The van der Waals surface area contributed by atoms with Crippen LogP contribution in [0.4, 0.5) is 0 Å². The first kappa shape index (κ1) is 14.5. The van der Waals surface area contributed by atoms with Crippen molar-refractivity contribution in [2.24, 2.45) is 0 Å². The van der Waals surface area contributed by atoms with Gasteiger partial charge in [0.15, 0.2) is 0 Å². The van der Waals surface area contributed by atoms with Gasteiger partial charge in [0.25, 0.3) is 11.8 Å². The molecule has 2 N–H and O–H groups in total. The zero-order valence-electron chi connectivity index (χ0n) is 10.1. The van der Waals surface area contributed by atoms with E-state index in [2.05, 4.69) is 31.8 Å². The first-order chi connectivity index (χ1) is 9.58. The number of nitrogens with zero attached hydrogens (tertiary/aromatic N) is 1. The fourth-order valence-electron chi connectivity index (χ4n) is 1.41. The molecule has 2 aromatic rings. The van der Waals surface area contributed by atoms with Crippen molar-refractivity contribution in [2.75, 3.05) is 0 Å². The molecule has 1 aromatic carbocycles. The van der Waals surface area contributed by atoms with Crippen molar-refractivity contribution < 1.29 is 9.59 Å². The van der Waals surface area contributed by atoms with Crippen molar-refractivity contribution in [1.82, 2.24) is 15.8 Å². The average molecular weight is 355 g/mol. The van der Waals surface area contributed by atoms with E-state index in [-0.39, 0.29) is 0 Å². The van der Waals surface area contributed by atoms with Crippen molar-refractivity contribution in [2.45, 2.75) is 0 Å². The fraction of sp³-hybridized carbons (Fsp3) is 0. The first-order valence-electron chi connectivity index (χ1n) is 5.54. The molecule has 0 aliphatic carbocycles. The number of rotatable bonds is 2. The highest BCUT2D eigenvalue weighted by Gasteiger charge is 2.11. The summed E-state index contributed by atoms with van der Waals surface area (Å²) in [7, 11) is 0. The molecule has 0 fully saturated rings. The van der Waals surface area contributed by atoms with Gasteiger partial charge in [-0.15, -0.1) is 0 Å². The maximum absolute atomic E-state index is 11.9. The number of nitrogens with one attached hydrogen (secondary N) is 2. The number of hydrogen-bond donors (Lipinski definition) is 2. The van der Waals surface area contributed by atoms with Crippen LogP contribution in [0.5, 0.6) is 0 Å². The van der Waals surface area contributed by atoms with Crippen LogP contribution in [0.3, 0.4) is 0 Å². The molecule has 0 aliphatic heterocycles. The molecule has 0 unspecified atom stereocenters. The van der Waals surface area contributed by atoms with Crippen LogP contribution in [0, 0.1) is 0 Å². The average Bonchev–Trinajstić information content (AvgIpc) is 2.45. The number of hydrazine groups is 1. The second-order valence-electron chi connectivity index (χ2n) is 3.76. The predicted molar refractivity (Wildman–Crippen MR) is 78.3 cm³/mol. The van der Waals surface area contributed by atoms with Crippen LogP contribution in [-0.4, -0.2) is 16.8 Å². The Bertz CT molecular complexity index is 646. The molecular formula is C13H9BrClN3O2. The number of pyridine rings is 1. The number of halogens is 2. The van der Waals surface area contributed by atoms with Crippen LogP contribution in [-0.2, 0) is 0 Å². The summed E-state index contributed by atoms with van der Waals surface area (Å²) in [5, 5.41) is 0.291. The third-order valence-electron chi connectivity index (χ3n) is 2.40. The van der Waals surface area contributed by atoms with Gasteiger partial charge >= 0.3 is 0 Å². The lowest BCUT2D eigenvalue weighted by Crippen LogP contribution is -2.41. The molecule has 0 atom stereocenters. The molecule has 0 saturated heterocycles. The van der Waals surface area contributed by atoms with E-state index in [0.29, 0.717) is 20.8 Å². The van der Waals surface area contributed by atoms with Crippen LogP contribution in [0.2, 0.25) is 5.15 Å². The monoisotopic (exact) mass is 353 g/mol. The Morgan fingerprint density at radius 3 is 2.40 bits per heavy atom. The molecule has 0 aliphatic rings. The molecule has 0 saturated carbocycles. The van der Waals surface area contributed by atoms with Gasteiger partial charge in [-0.2, -0.15) is 0 Å². The summed E-state index contributed by atoms with van der Waals surface area (Å²) in [6.07, 6.45) is 1.32. The normalized spacial score (nSPS) is 9.90. The second kappa shape index (κ2) is 6.49. The van der Waals surface area contributed by atoms with Crippen molar-refractivity contribution in [3.05, 3.63) is 63.3 Å². The summed E-state index contributed by atoms with van der Waals surface area (Å²) in [4.78, 5) is 27.4. The third kappa shape index (κ3) is 3.55. The van der Waals surface area contributed by atoms with Gasteiger partial charge in [-0.1, -0.05) is 23.7 Å². The molecule has 1 aromatic heterocycles. The zero-order valence-corrected chi connectivity index (χ0v) is 12.4. The minimum absolute atomic E-state index is 0.291. The number of carbonyl (C=O) groups is 2. The predicted octanol–water partition coefficient (Wildman–Crippen LogP) is 2.57. The number of hydrogen-bond acceptors (Lipinski definition) is 3. The maximum Gasteiger partial charge on any atom is 0.271 e. The lowest BCUT2D eigenvalue weighted by Gasteiger charge is -2.08. The third-order valence-corrected chi connectivity index (χ3v) is 3.31. The van der Waals surface area contributed by atoms with Crippen LogP contribution in [0.1, 0.15) is 20.7 Å². The van der Waals surface area contributed by atoms with Gasteiger partial charge in [0.05, 0.1) is 11.1 Å². The van der Waals surface area contributed by atoms with E-state index in [4.69, 9.17) is 11.6 Å². The maximum atomic E-state index is 11.9. The van der Waals surface area contributed by atoms with Gasteiger partial charge in [-0.3, -0.25) is 20.4 Å². The number of benzene rings is 1. The number of aromatic nitrogens is 1. The molecule has 7 heteroatoms. The van der Waals surface area contributed by atoms with Crippen LogP contribution in [0.25, 0.3) is 0 Å². The van der Waals surface area contributed by atoms with Gasteiger partial charge in [0, 0.05) is 10.7 Å². The Balaban J connectivity index is 1.99. The van der Waals surface area contributed by atoms with Gasteiger partial charge in [-0.25, -0.2) is 4.98 Å². The largest absolute Gasteiger partial charge is 0.271 e. The first-order valence-corrected chi connectivity index (χ1v) is 6.72. The van der Waals surface area contributed by atoms with E-state index in [1.807, 2.05) is 0 Å². The molecule has 2 rings (SSSR count). The zero-order chi connectivity index (χ0) is 14.5. The quantitative estimate of drug-likeness (QED) is 0.643. The van der Waals surface area contributed by atoms with E-state index in [1.165, 1.54) is 18.3 Å². The molecule has 0 bridgehead atoms. The summed E-state index contributed by atoms with van der Waals surface area (Å²) in [5.41, 5.74) is 5.34. The molecule has 1 heterocycles. The standard InChI is InChI=1S/C13H9BrClN3O2/c14-10-4-2-1-3-9(10)13(20)18-17-12(19)8-5-6-11(15)16-7-8/h1-7H,(H,17,19)(H,18,20). The summed E-state index contributed by atoms with van der Waals surface area (Å²) in [5.74, 6) is -0.901. The number of amides is 2. The van der Waals surface area contributed by atoms with Crippen molar-refractivity contribution in [1.29, 1.82) is 0 Å². The molecule has 5 nitrogen and oxygen atoms in total. The summed E-state index contributed by atoms with van der Waals surface area (Å²) < 4.78 is 0.639. The molecule has 20 heavy (non-hydrogen) atoms. The lowest BCUT2D eigenvalue weighted by molar-refractivity contribution is 0.0846. The van der Waals surface area contributed by atoms with Crippen molar-refractivity contribution in [3.63, 3.8) is 0 Å². The minimum Gasteiger partial charge on any atom is -0.267 e. The van der Waals surface area contributed by atoms with Crippen LogP contribution in [0.15, 0.2) is 47.1 Å². The van der Waals surface area contributed by atoms with Crippen LogP contribution < -0.4 is 10.9 Å². The summed E-state index contributed by atoms with van der Waals surface area (Å²) in [6, 6.07) is 9.89. The SMILES string of the molecule is O=C(NNC(=O)c1ccccc1Br)c1ccc(Cl)nc1.